The Kier molecular flexibility index (Phi) is 4.61. The Bertz CT molecular complexity index is 497. The number of nitrogens with zero attached hydrogens (tertiary/aromatic N) is 2. The van der Waals surface area contributed by atoms with Gasteiger partial charge >= 0.3 is 6.18 Å². The first-order valence-corrected chi connectivity index (χ1v) is 6.71. The van der Waals surface area contributed by atoms with Gasteiger partial charge in [-0.2, -0.15) is 23.4 Å². The van der Waals surface area contributed by atoms with E-state index in [1.807, 2.05) is 0 Å². The summed E-state index contributed by atoms with van der Waals surface area (Å²) in [4.78, 5) is 0. The zero-order valence-electron chi connectivity index (χ0n) is 10.5. The molecule has 0 radical (unpaired) electrons. The van der Waals surface area contributed by atoms with Crippen LogP contribution in [0.4, 0.5) is 13.2 Å². The first-order valence-electron chi connectivity index (χ1n) is 5.12. The van der Waals surface area contributed by atoms with Crippen molar-refractivity contribution in [3.05, 3.63) is 22.5 Å². The van der Waals surface area contributed by atoms with Gasteiger partial charge in [-0.25, -0.2) is 0 Å². The van der Waals surface area contributed by atoms with Gasteiger partial charge in [0, 0.05) is 24.0 Å². The highest BCUT2D eigenvalue weighted by Crippen LogP contribution is 2.35. The van der Waals surface area contributed by atoms with Crippen LogP contribution in [0.3, 0.4) is 0 Å². The van der Waals surface area contributed by atoms with Gasteiger partial charge in [0.25, 0.3) is 0 Å². The van der Waals surface area contributed by atoms with Crippen molar-refractivity contribution in [2.45, 2.75) is 24.8 Å². The van der Waals surface area contributed by atoms with Crippen LogP contribution in [0.25, 0.3) is 6.08 Å². The molecule has 0 fully saturated rings. The molecule has 1 rings (SSSR count). The third-order valence-corrected chi connectivity index (χ3v) is 4.07. The molecule has 0 saturated carbocycles. The smallest absolute Gasteiger partial charge is 0.435 e. The minimum Gasteiger partial charge on any atom is -0.598 e. The van der Waals surface area contributed by atoms with E-state index in [2.05, 4.69) is 5.10 Å². The third kappa shape index (κ3) is 3.65. The van der Waals surface area contributed by atoms with Crippen molar-refractivity contribution in [3.8, 4) is 0 Å². The number of rotatable bonds is 3. The van der Waals surface area contributed by atoms with Crippen LogP contribution in [0, 0.1) is 0 Å². The lowest BCUT2D eigenvalue weighted by atomic mass is 10.1. The molecular formula is C10H13ClF3N3OS. The van der Waals surface area contributed by atoms with E-state index in [1.54, 1.807) is 0 Å². The highest BCUT2D eigenvalue weighted by molar-refractivity contribution is 7.90. The van der Waals surface area contributed by atoms with Crippen molar-refractivity contribution >= 4 is 29.0 Å². The predicted octanol–water partition coefficient (Wildman–Crippen LogP) is 2.51. The van der Waals surface area contributed by atoms with E-state index in [4.69, 9.17) is 16.7 Å². The summed E-state index contributed by atoms with van der Waals surface area (Å²) in [6.07, 6.45) is -2.15. The van der Waals surface area contributed by atoms with Gasteiger partial charge in [-0.15, -0.1) is 0 Å². The number of hydrogen-bond acceptors (Lipinski definition) is 3. The summed E-state index contributed by atoms with van der Waals surface area (Å²) >= 11 is 4.06. The van der Waals surface area contributed by atoms with Gasteiger partial charge in [0.2, 0.25) is 0 Å². The van der Waals surface area contributed by atoms with E-state index in [-0.39, 0.29) is 10.7 Å². The van der Waals surface area contributed by atoms with Crippen LogP contribution in [0.5, 0.6) is 0 Å². The molecule has 19 heavy (non-hydrogen) atoms. The van der Waals surface area contributed by atoms with Crippen molar-refractivity contribution in [3.63, 3.8) is 0 Å². The van der Waals surface area contributed by atoms with Gasteiger partial charge in [0.05, 0.1) is 0 Å². The molecule has 1 heterocycles. The average molecular weight is 316 g/mol. The molecule has 0 aromatic carbocycles. The molecule has 0 bridgehead atoms. The fourth-order valence-electron chi connectivity index (χ4n) is 1.23. The fraction of sp³-hybridized carbons (Fsp3) is 0.500. The molecular weight excluding hydrogens is 303 g/mol. The second kappa shape index (κ2) is 5.35. The minimum absolute atomic E-state index is 0.151. The minimum atomic E-state index is -4.61. The monoisotopic (exact) mass is 315 g/mol. The highest BCUT2D eigenvalue weighted by Gasteiger charge is 2.38. The van der Waals surface area contributed by atoms with Crippen LogP contribution in [0.15, 0.2) is 6.08 Å². The second-order valence-corrected chi connectivity index (χ2v) is 6.41. The molecule has 0 spiro atoms. The predicted molar refractivity (Wildman–Crippen MR) is 68.7 cm³/mol. The standard InChI is InChI=1S/C10H13ClF3N3OS/c1-9(2,19(15)18)5-4-6-7(10(12,13)14)16-17(3)8(6)11/h4-5H,15H2,1-3H3/b5-4+. The summed E-state index contributed by atoms with van der Waals surface area (Å²) in [5, 5.41) is 8.42. The molecule has 9 heteroatoms. The SMILES string of the molecule is Cn1nc(C(F)(F)F)c(/C=C/C(C)(C)[S+](N)[O-])c1Cl. The lowest BCUT2D eigenvalue weighted by molar-refractivity contribution is -0.141. The number of aryl methyl sites for hydroxylation is 1. The molecule has 0 aliphatic rings. The summed E-state index contributed by atoms with van der Waals surface area (Å²) < 4.78 is 49.5. The molecule has 108 valence electrons. The van der Waals surface area contributed by atoms with Crippen LogP contribution < -0.4 is 5.14 Å². The van der Waals surface area contributed by atoms with Crippen molar-refractivity contribution in [2.24, 2.45) is 12.2 Å². The Morgan fingerprint density at radius 3 is 2.37 bits per heavy atom. The summed E-state index contributed by atoms with van der Waals surface area (Å²) in [5.41, 5.74) is -1.36. The first kappa shape index (κ1) is 16.4. The van der Waals surface area contributed by atoms with Gasteiger partial charge in [0.15, 0.2) is 10.4 Å². The molecule has 0 aliphatic carbocycles. The summed E-state index contributed by atoms with van der Waals surface area (Å²) in [5.74, 6) is 0. The Morgan fingerprint density at radius 2 is 1.95 bits per heavy atom. The molecule has 0 saturated heterocycles. The van der Waals surface area contributed by atoms with Crippen molar-refractivity contribution < 1.29 is 17.7 Å². The molecule has 4 nitrogen and oxygen atoms in total. The van der Waals surface area contributed by atoms with E-state index < -0.39 is 28.0 Å². The van der Waals surface area contributed by atoms with Crippen molar-refractivity contribution in [1.82, 2.24) is 9.78 Å². The van der Waals surface area contributed by atoms with Crippen LogP contribution in [-0.2, 0) is 24.6 Å². The van der Waals surface area contributed by atoms with E-state index in [0.29, 0.717) is 0 Å². The maximum absolute atomic E-state index is 12.8. The quantitative estimate of drug-likeness (QED) is 0.871. The Labute approximate surface area is 116 Å². The number of aromatic nitrogens is 2. The normalized spacial score (nSPS) is 15.2. The second-order valence-electron chi connectivity index (χ2n) is 4.41. The maximum atomic E-state index is 12.8. The van der Waals surface area contributed by atoms with Gasteiger partial charge < -0.3 is 4.55 Å². The maximum Gasteiger partial charge on any atom is 0.435 e. The fourth-order valence-corrected chi connectivity index (χ4v) is 1.62. The topological polar surface area (TPSA) is 66.9 Å². The average Bonchev–Trinajstić information content (AvgIpc) is 2.52. The zero-order chi connectivity index (χ0) is 15.0. The highest BCUT2D eigenvalue weighted by atomic mass is 35.5. The summed E-state index contributed by atoms with van der Waals surface area (Å²) in [6, 6.07) is 0. The van der Waals surface area contributed by atoms with Gasteiger partial charge in [-0.05, 0) is 26.0 Å². The van der Waals surface area contributed by atoms with Crippen LogP contribution in [-0.4, -0.2) is 19.1 Å². The molecule has 1 unspecified atom stereocenters. The molecule has 1 aromatic heterocycles. The van der Waals surface area contributed by atoms with E-state index >= 15 is 0 Å². The molecule has 1 aromatic rings. The van der Waals surface area contributed by atoms with Crippen LogP contribution in [0.2, 0.25) is 5.15 Å². The number of nitrogens with two attached hydrogens (primary N) is 1. The van der Waals surface area contributed by atoms with E-state index in [1.165, 1.54) is 27.0 Å². The van der Waals surface area contributed by atoms with Crippen molar-refractivity contribution in [1.29, 1.82) is 0 Å². The lowest BCUT2D eigenvalue weighted by Crippen LogP contribution is -2.35. The molecule has 2 N–H and O–H groups in total. The van der Waals surface area contributed by atoms with Crippen LogP contribution >= 0.6 is 11.6 Å². The Morgan fingerprint density at radius 1 is 1.42 bits per heavy atom. The molecule has 1 atom stereocenters. The number of alkyl halides is 3. The molecule has 0 amide bonds. The molecule has 0 aliphatic heterocycles. The largest absolute Gasteiger partial charge is 0.598 e. The lowest BCUT2D eigenvalue weighted by Gasteiger charge is -2.20. The Hall–Kier alpha value is -0.700. The van der Waals surface area contributed by atoms with Gasteiger partial charge in [-0.1, -0.05) is 11.6 Å². The van der Waals surface area contributed by atoms with Crippen molar-refractivity contribution in [2.75, 3.05) is 0 Å². The summed E-state index contributed by atoms with van der Waals surface area (Å²) in [6.45, 7) is 3.08. The number of halogens is 4. The van der Waals surface area contributed by atoms with Gasteiger partial charge in [0.1, 0.15) is 5.15 Å². The van der Waals surface area contributed by atoms with Crippen LogP contribution in [0.1, 0.15) is 25.1 Å². The zero-order valence-corrected chi connectivity index (χ0v) is 12.0. The Balaban J connectivity index is 3.25. The van der Waals surface area contributed by atoms with E-state index in [9.17, 15) is 17.7 Å². The first-order chi connectivity index (χ1) is 8.47. The third-order valence-electron chi connectivity index (χ3n) is 2.45. The van der Waals surface area contributed by atoms with Gasteiger partial charge in [-0.3, -0.25) is 4.68 Å². The summed E-state index contributed by atoms with van der Waals surface area (Å²) in [7, 11) is 1.31. The van der Waals surface area contributed by atoms with E-state index in [0.717, 1.165) is 10.8 Å². The number of hydrogen-bond donors (Lipinski definition) is 1.